The lowest BCUT2D eigenvalue weighted by Gasteiger charge is -2.46. The van der Waals surface area contributed by atoms with E-state index in [4.69, 9.17) is 0 Å². The first-order valence-corrected chi connectivity index (χ1v) is 3.96. The molecule has 0 saturated heterocycles. The quantitative estimate of drug-likeness (QED) is 0.424. The smallest absolute Gasteiger partial charge is 0.0271 e. The number of hydrogen-bond donors (Lipinski definition) is 0. The van der Waals surface area contributed by atoms with E-state index < -0.39 is 0 Å². The van der Waals surface area contributed by atoms with Crippen molar-refractivity contribution in [1.29, 1.82) is 0 Å². The molecular weight excluding hydrogens is 108 g/mol. The van der Waals surface area contributed by atoms with Crippen molar-refractivity contribution in [3.8, 4) is 11.8 Å². The Morgan fingerprint density at radius 2 is 2.11 bits per heavy atom. The number of hydrogen-bond acceptors (Lipinski definition) is 0. The zero-order valence-corrected chi connectivity index (χ0v) is 5.43. The van der Waals surface area contributed by atoms with E-state index in [0.29, 0.717) is 0 Å². The molecule has 4 bridgehead atoms. The molecule has 0 radical (unpaired) electrons. The molecule has 0 N–H and O–H groups in total. The lowest BCUT2D eigenvalue weighted by atomic mass is 9.56. The van der Waals surface area contributed by atoms with Gasteiger partial charge >= 0.3 is 0 Å². The molecule has 3 rings (SSSR count). The third-order valence-corrected chi connectivity index (χ3v) is 3.34. The Labute approximate surface area is 55.6 Å². The van der Waals surface area contributed by atoms with E-state index in [-0.39, 0.29) is 0 Å². The van der Waals surface area contributed by atoms with E-state index in [1.54, 1.807) is 0 Å². The van der Waals surface area contributed by atoms with Crippen molar-refractivity contribution in [2.75, 3.05) is 0 Å². The van der Waals surface area contributed by atoms with Gasteiger partial charge in [-0.25, -0.2) is 0 Å². The Kier molecular flexibility index (Phi) is 0.578. The van der Waals surface area contributed by atoms with Gasteiger partial charge in [0.2, 0.25) is 0 Å². The van der Waals surface area contributed by atoms with Gasteiger partial charge in [-0.2, -0.15) is 0 Å². The molecule has 3 aliphatic carbocycles. The molecule has 0 aliphatic heterocycles. The van der Waals surface area contributed by atoms with Crippen LogP contribution in [-0.4, -0.2) is 0 Å². The van der Waals surface area contributed by atoms with Gasteiger partial charge in [0.25, 0.3) is 0 Å². The molecule has 0 heteroatoms. The molecule has 0 amide bonds. The second kappa shape index (κ2) is 1.19. The van der Waals surface area contributed by atoms with Crippen LogP contribution < -0.4 is 0 Å². The first-order valence-electron chi connectivity index (χ1n) is 3.96. The molecule has 46 valence electrons. The van der Waals surface area contributed by atoms with E-state index >= 15 is 0 Å². The average Bonchev–Trinajstić information content (AvgIpc) is 2.06. The summed E-state index contributed by atoms with van der Waals surface area (Å²) in [7, 11) is 0. The summed E-state index contributed by atoms with van der Waals surface area (Å²) in [6, 6.07) is 0. The van der Waals surface area contributed by atoms with Crippen molar-refractivity contribution in [1.82, 2.24) is 0 Å². The van der Waals surface area contributed by atoms with Crippen molar-refractivity contribution in [3.05, 3.63) is 0 Å². The number of rotatable bonds is 0. The minimum atomic E-state index is 0.833. The van der Waals surface area contributed by atoms with Crippen molar-refractivity contribution in [3.63, 3.8) is 0 Å². The molecule has 0 aromatic carbocycles. The van der Waals surface area contributed by atoms with E-state index in [0.717, 1.165) is 23.7 Å². The molecule has 0 aromatic rings. The first kappa shape index (κ1) is 4.39. The molecular formula is C9H10. The normalized spacial score (nSPS) is 57.8. The van der Waals surface area contributed by atoms with Crippen molar-refractivity contribution in [2.24, 2.45) is 23.7 Å². The highest BCUT2D eigenvalue weighted by molar-refractivity contribution is 5.26. The van der Waals surface area contributed by atoms with E-state index in [1.165, 1.54) is 19.3 Å². The lowest BCUT2D eigenvalue weighted by molar-refractivity contribution is 0.0359. The molecule has 0 aromatic heterocycles. The Morgan fingerprint density at radius 3 is 2.78 bits per heavy atom. The van der Waals surface area contributed by atoms with Crippen LogP contribution in [0.5, 0.6) is 0 Å². The highest BCUT2D eigenvalue weighted by Gasteiger charge is 2.49. The third kappa shape index (κ3) is 0.358. The molecule has 0 heterocycles. The Hall–Kier alpha value is -0.440. The Balaban J connectivity index is 2.06. The summed E-state index contributed by atoms with van der Waals surface area (Å²) in [6.45, 7) is 0. The van der Waals surface area contributed by atoms with Crippen LogP contribution in [0.2, 0.25) is 0 Å². The summed E-state index contributed by atoms with van der Waals surface area (Å²) in [5.41, 5.74) is 0. The van der Waals surface area contributed by atoms with Gasteiger partial charge in [-0.15, -0.1) is 0 Å². The zero-order valence-electron chi connectivity index (χ0n) is 5.43. The molecule has 4 atom stereocenters. The minimum Gasteiger partial charge on any atom is -0.0993 e. The maximum Gasteiger partial charge on any atom is 0.0271 e. The van der Waals surface area contributed by atoms with E-state index in [9.17, 15) is 0 Å². The maximum atomic E-state index is 3.37. The summed E-state index contributed by atoms with van der Waals surface area (Å²) < 4.78 is 0. The van der Waals surface area contributed by atoms with Gasteiger partial charge in [0.1, 0.15) is 0 Å². The fraction of sp³-hybridized carbons (Fsp3) is 0.778. The van der Waals surface area contributed by atoms with Gasteiger partial charge in [-0.3, -0.25) is 0 Å². The summed E-state index contributed by atoms with van der Waals surface area (Å²) in [5.74, 6) is 10.5. The molecule has 0 spiro atoms. The summed E-state index contributed by atoms with van der Waals surface area (Å²) in [6.07, 6.45) is 4.38. The van der Waals surface area contributed by atoms with E-state index in [2.05, 4.69) is 11.8 Å². The average molecular weight is 118 g/mol. The van der Waals surface area contributed by atoms with Crippen molar-refractivity contribution < 1.29 is 0 Å². The predicted molar refractivity (Wildman–Crippen MR) is 35.6 cm³/mol. The fourth-order valence-electron chi connectivity index (χ4n) is 2.72. The largest absolute Gasteiger partial charge is 0.0993 e. The van der Waals surface area contributed by atoms with E-state index in [1.807, 2.05) is 0 Å². The minimum absolute atomic E-state index is 0.833. The summed E-state index contributed by atoms with van der Waals surface area (Å²) in [5, 5.41) is 0. The van der Waals surface area contributed by atoms with Gasteiger partial charge in [-0.1, -0.05) is 11.8 Å². The Morgan fingerprint density at radius 1 is 1.11 bits per heavy atom. The maximum absolute atomic E-state index is 3.37. The topological polar surface area (TPSA) is 0 Å². The highest BCUT2D eigenvalue weighted by Crippen LogP contribution is 2.55. The van der Waals surface area contributed by atoms with Crippen LogP contribution in [0.3, 0.4) is 0 Å². The fourth-order valence-corrected chi connectivity index (χ4v) is 2.72. The van der Waals surface area contributed by atoms with Crippen LogP contribution in [0.4, 0.5) is 0 Å². The van der Waals surface area contributed by atoms with Gasteiger partial charge in [0, 0.05) is 11.8 Å². The van der Waals surface area contributed by atoms with Crippen LogP contribution in [0.1, 0.15) is 19.3 Å². The van der Waals surface area contributed by atoms with Crippen LogP contribution in [0, 0.1) is 35.5 Å². The zero-order chi connectivity index (χ0) is 5.84. The van der Waals surface area contributed by atoms with Gasteiger partial charge in [0.05, 0.1) is 0 Å². The van der Waals surface area contributed by atoms with Crippen LogP contribution >= 0.6 is 0 Å². The van der Waals surface area contributed by atoms with Gasteiger partial charge in [0.15, 0.2) is 0 Å². The third-order valence-electron chi connectivity index (χ3n) is 3.34. The molecule has 2 fully saturated rings. The SMILES string of the molecule is C1#CC2C3CCC1C2C3. The van der Waals surface area contributed by atoms with Crippen molar-refractivity contribution >= 4 is 0 Å². The lowest BCUT2D eigenvalue weighted by Crippen LogP contribution is -2.41. The van der Waals surface area contributed by atoms with Crippen LogP contribution in [0.15, 0.2) is 0 Å². The highest BCUT2D eigenvalue weighted by atomic mass is 14.5. The molecule has 2 saturated carbocycles. The van der Waals surface area contributed by atoms with Crippen molar-refractivity contribution in [2.45, 2.75) is 19.3 Å². The van der Waals surface area contributed by atoms with Crippen LogP contribution in [0.25, 0.3) is 0 Å². The van der Waals surface area contributed by atoms with Gasteiger partial charge in [-0.05, 0) is 31.1 Å². The molecule has 0 nitrogen and oxygen atoms in total. The standard InChI is InChI=1S/C9H10/c1-2-7-5-9-6(1)3-4-8(7)9/h6-9H,1-2,5H2. The predicted octanol–water partition coefficient (Wildman–Crippen LogP) is 1.67. The first-order chi connectivity index (χ1) is 4.45. The van der Waals surface area contributed by atoms with Gasteiger partial charge < -0.3 is 0 Å². The van der Waals surface area contributed by atoms with Crippen LogP contribution in [-0.2, 0) is 0 Å². The second-order valence-corrected chi connectivity index (χ2v) is 3.66. The molecule has 3 aliphatic rings. The summed E-state index contributed by atoms with van der Waals surface area (Å²) in [4.78, 5) is 0. The molecule has 4 unspecified atom stereocenters. The second-order valence-electron chi connectivity index (χ2n) is 3.66. The Bertz CT molecular complexity index is 194. The monoisotopic (exact) mass is 118 g/mol. The molecule has 9 heavy (non-hydrogen) atoms. The summed E-state index contributed by atoms with van der Waals surface area (Å²) >= 11 is 0.